The molecule has 5 nitrogen and oxygen atoms in total. The van der Waals surface area contributed by atoms with Crippen LogP contribution < -0.4 is 5.32 Å². The Morgan fingerprint density at radius 1 is 1.35 bits per heavy atom. The Kier molecular flexibility index (Phi) is 4.60. The normalized spacial score (nSPS) is 40.5. The summed E-state index contributed by atoms with van der Waals surface area (Å²) in [6, 6.07) is 0.665. The summed E-state index contributed by atoms with van der Waals surface area (Å²) in [5, 5.41) is 3.14. The second kappa shape index (κ2) is 6.54. The molecule has 0 aliphatic carbocycles. The average molecular weight is 340 g/mol. The number of nitrogens with zero attached hydrogens (tertiary/aromatic N) is 1. The zero-order valence-corrected chi connectivity index (χ0v) is 14.8. The van der Waals surface area contributed by atoms with Crippen LogP contribution in [-0.2, 0) is 14.3 Å². The second-order valence-corrected chi connectivity index (χ2v) is 8.41. The molecule has 0 unspecified atom stereocenters. The maximum absolute atomic E-state index is 11.8. The molecule has 4 saturated heterocycles. The molecule has 4 aliphatic heterocycles. The fraction of sp³-hybridized carbons (Fsp3) is 0.941. The lowest BCUT2D eigenvalue weighted by Crippen LogP contribution is -2.42. The van der Waals surface area contributed by atoms with Gasteiger partial charge in [-0.2, -0.15) is 11.8 Å². The molecule has 1 N–H and O–H groups in total. The molecular formula is C17H28N2O3S. The van der Waals surface area contributed by atoms with Gasteiger partial charge in [-0.05, 0) is 31.9 Å². The van der Waals surface area contributed by atoms with Gasteiger partial charge < -0.3 is 14.8 Å². The average Bonchev–Trinajstić information content (AvgIpc) is 3.22. The summed E-state index contributed by atoms with van der Waals surface area (Å²) in [5.74, 6) is 1.81. The lowest BCUT2D eigenvalue weighted by Gasteiger charge is -2.32. The molecule has 0 radical (unpaired) electrons. The van der Waals surface area contributed by atoms with Crippen LogP contribution in [0.1, 0.15) is 25.7 Å². The minimum atomic E-state index is 0.0812. The Morgan fingerprint density at radius 2 is 2.17 bits per heavy atom. The first kappa shape index (κ1) is 16.2. The van der Waals surface area contributed by atoms with Crippen molar-refractivity contribution in [2.75, 3.05) is 44.9 Å². The van der Waals surface area contributed by atoms with Gasteiger partial charge in [0.05, 0.1) is 17.5 Å². The van der Waals surface area contributed by atoms with Crippen molar-refractivity contribution in [3.8, 4) is 0 Å². The Morgan fingerprint density at radius 3 is 2.96 bits per heavy atom. The predicted octanol–water partition coefficient (Wildman–Crippen LogP) is 1.12. The van der Waals surface area contributed by atoms with E-state index in [0.29, 0.717) is 29.7 Å². The number of carbonyl (C=O) groups is 1. The molecule has 130 valence electrons. The molecule has 0 saturated carbocycles. The Labute approximate surface area is 142 Å². The summed E-state index contributed by atoms with van der Waals surface area (Å²) < 4.78 is 12.0. The van der Waals surface area contributed by atoms with Crippen molar-refractivity contribution in [2.24, 2.45) is 11.8 Å². The van der Waals surface area contributed by atoms with Crippen LogP contribution in [0.4, 0.5) is 0 Å². The molecule has 2 bridgehead atoms. The lowest BCUT2D eigenvalue weighted by atomic mass is 9.73. The topological polar surface area (TPSA) is 50.8 Å². The smallest absolute Gasteiger partial charge is 0.229 e. The van der Waals surface area contributed by atoms with Crippen LogP contribution in [0.15, 0.2) is 0 Å². The number of fused-ring (bicyclic) bond motifs is 1. The Balaban J connectivity index is 1.40. The molecule has 1 spiro atoms. The number of hydrogen-bond donors (Lipinski definition) is 1. The van der Waals surface area contributed by atoms with Crippen LogP contribution in [-0.4, -0.2) is 73.4 Å². The summed E-state index contributed by atoms with van der Waals surface area (Å²) in [4.78, 5) is 14.5. The lowest BCUT2D eigenvalue weighted by molar-refractivity contribution is -0.118. The minimum absolute atomic E-state index is 0.0812. The Bertz CT molecular complexity index is 457. The zero-order chi connectivity index (χ0) is 15.9. The van der Waals surface area contributed by atoms with Crippen LogP contribution in [0.25, 0.3) is 0 Å². The van der Waals surface area contributed by atoms with Gasteiger partial charge >= 0.3 is 0 Å². The number of ether oxygens (including phenoxy) is 2. The van der Waals surface area contributed by atoms with E-state index in [4.69, 9.17) is 9.47 Å². The van der Waals surface area contributed by atoms with Crippen molar-refractivity contribution < 1.29 is 14.3 Å². The van der Waals surface area contributed by atoms with Crippen LogP contribution in [0.2, 0.25) is 0 Å². The summed E-state index contributed by atoms with van der Waals surface area (Å²) in [6.45, 7) is 4.82. The van der Waals surface area contributed by atoms with E-state index in [2.05, 4.69) is 10.2 Å². The number of rotatable bonds is 5. The fourth-order valence-corrected chi connectivity index (χ4v) is 5.61. The van der Waals surface area contributed by atoms with Crippen molar-refractivity contribution in [1.82, 2.24) is 10.2 Å². The first-order chi connectivity index (χ1) is 11.2. The monoisotopic (exact) mass is 340 g/mol. The molecule has 4 atom stereocenters. The van der Waals surface area contributed by atoms with E-state index >= 15 is 0 Å². The zero-order valence-electron chi connectivity index (χ0n) is 14.0. The van der Waals surface area contributed by atoms with Gasteiger partial charge in [-0.15, -0.1) is 0 Å². The first-order valence-electron chi connectivity index (χ1n) is 8.97. The summed E-state index contributed by atoms with van der Waals surface area (Å²) >= 11 is 1.58. The molecule has 0 aromatic rings. The highest BCUT2D eigenvalue weighted by Crippen LogP contribution is 2.55. The van der Waals surface area contributed by atoms with Crippen LogP contribution in [0, 0.1) is 11.8 Å². The maximum Gasteiger partial charge on any atom is 0.229 e. The van der Waals surface area contributed by atoms with Gasteiger partial charge in [0.1, 0.15) is 0 Å². The van der Waals surface area contributed by atoms with Crippen LogP contribution in [0.5, 0.6) is 0 Å². The van der Waals surface area contributed by atoms with Crippen LogP contribution in [0.3, 0.4) is 0 Å². The van der Waals surface area contributed by atoms with Crippen molar-refractivity contribution in [1.29, 1.82) is 0 Å². The maximum atomic E-state index is 11.8. The molecule has 4 aliphatic rings. The number of thioether (sulfide) groups is 1. The third-order valence-corrected chi connectivity index (χ3v) is 6.88. The van der Waals surface area contributed by atoms with Crippen LogP contribution >= 0.6 is 11.8 Å². The van der Waals surface area contributed by atoms with Gasteiger partial charge in [0.15, 0.2) is 0 Å². The second-order valence-electron chi connectivity index (χ2n) is 7.54. The van der Waals surface area contributed by atoms with Gasteiger partial charge in [0.25, 0.3) is 0 Å². The van der Waals surface area contributed by atoms with Crippen molar-refractivity contribution >= 4 is 17.7 Å². The number of hydrogen-bond acceptors (Lipinski definition) is 5. The fourth-order valence-electron chi connectivity index (χ4n) is 5.24. The minimum Gasteiger partial charge on any atom is -0.381 e. The van der Waals surface area contributed by atoms with E-state index in [1.165, 1.54) is 12.8 Å². The SMILES string of the molecule is CSCC(=O)NC[C@H]1[C@H]2CN(C3CCOCC3)C[C@]23CC[C@H]1O3. The number of likely N-dealkylation sites (tertiary alicyclic amines) is 1. The van der Waals surface area contributed by atoms with Gasteiger partial charge in [-0.1, -0.05) is 0 Å². The molecule has 4 rings (SSSR count). The third kappa shape index (κ3) is 2.92. The molecule has 23 heavy (non-hydrogen) atoms. The van der Waals surface area contributed by atoms with E-state index in [-0.39, 0.29) is 11.5 Å². The van der Waals surface area contributed by atoms with Gasteiger partial charge in [0.2, 0.25) is 5.91 Å². The first-order valence-corrected chi connectivity index (χ1v) is 10.4. The van der Waals surface area contributed by atoms with Gasteiger partial charge in [0, 0.05) is 50.7 Å². The summed E-state index contributed by atoms with van der Waals surface area (Å²) in [7, 11) is 0. The number of carbonyl (C=O) groups excluding carboxylic acids is 1. The van der Waals surface area contributed by atoms with Crippen molar-refractivity contribution in [3.05, 3.63) is 0 Å². The number of nitrogens with one attached hydrogen (secondary N) is 1. The Hall–Kier alpha value is -0.300. The highest BCUT2D eigenvalue weighted by Gasteiger charge is 2.63. The van der Waals surface area contributed by atoms with E-state index in [0.717, 1.165) is 45.7 Å². The van der Waals surface area contributed by atoms with E-state index < -0.39 is 0 Å². The summed E-state index contributed by atoms with van der Waals surface area (Å²) in [5.41, 5.74) is 0.0812. The van der Waals surface area contributed by atoms with Crippen molar-refractivity contribution in [3.63, 3.8) is 0 Å². The van der Waals surface area contributed by atoms with Gasteiger partial charge in [-0.25, -0.2) is 0 Å². The molecule has 0 aromatic carbocycles. The molecule has 1 amide bonds. The van der Waals surface area contributed by atoms with E-state index in [9.17, 15) is 4.79 Å². The van der Waals surface area contributed by atoms with E-state index in [1.54, 1.807) is 11.8 Å². The quantitative estimate of drug-likeness (QED) is 0.813. The van der Waals surface area contributed by atoms with Crippen molar-refractivity contribution in [2.45, 2.75) is 43.4 Å². The largest absolute Gasteiger partial charge is 0.381 e. The molecule has 0 aromatic heterocycles. The standard InChI is InChI=1S/C17H28N2O3S/c1-23-10-16(20)18-8-13-14-9-19(12-3-6-21-7-4-12)11-17(14)5-2-15(13)22-17/h12-15H,2-11H2,1H3,(H,18,20)/t13-,14+,15+,17+/m0/s1. The van der Waals surface area contributed by atoms with E-state index in [1.807, 2.05) is 6.26 Å². The summed E-state index contributed by atoms with van der Waals surface area (Å²) in [6.07, 6.45) is 7.02. The van der Waals surface area contributed by atoms with Gasteiger partial charge in [-0.3, -0.25) is 9.69 Å². The molecule has 4 fully saturated rings. The predicted molar refractivity (Wildman–Crippen MR) is 90.6 cm³/mol. The molecule has 6 heteroatoms. The molecular weight excluding hydrogens is 312 g/mol. The molecule has 4 heterocycles. The highest BCUT2D eigenvalue weighted by molar-refractivity contribution is 7.99. The third-order valence-electron chi connectivity index (χ3n) is 6.33. The highest BCUT2D eigenvalue weighted by atomic mass is 32.2. The number of amides is 1.